The van der Waals surface area contributed by atoms with Gasteiger partial charge in [0.15, 0.2) is 0 Å². The van der Waals surface area contributed by atoms with Crippen LogP contribution >= 0.6 is 0 Å². The highest BCUT2D eigenvalue weighted by atomic mass is 16.1. The van der Waals surface area contributed by atoms with Crippen LogP contribution < -0.4 is 10.6 Å². The van der Waals surface area contributed by atoms with Crippen molar-refractivity contribution in [2.75, 3.05) is 39.0 Å². The summed E-state index contributed by atoms with van der Waals surface area (Å²) in [6, 6.07) is 3.67. The zero-order chi connectivity index (χ0) is 15.9. The summed E-state index contributed by atoms with van der Waals surface area (Å²) in [6.45, 7) is 8.81. The third-order valence-corrected chi connectivity index (χ3v) is 3.04. The number of hydrogen-bond donors (Lipinski definition) is 2. The molecule has 0 saturated heterocycles. The SMILES string of the molecule is CCCNc1ccnc(C(=O)NCC(C)(C)CN(C)C)c1. The molecule has 0 unspecified atom stereocenters. The van der Waals surface area contributed by atoms with Gasteiger partial charge in [-0.25, -0.2) is 0 Å². The van der Waals surface area contributed by atoms with Gasteiger partial charge in [0.2, 0.25) is 0 Å². The molecular weight excluding hydrogens is 264 g/mol. The number of hydrogen-bond acceptors (Lipinski definition) is 4. The van der Waals surface area contributed by atoms with E-state index in [1.165, 1.54) is 0 Å². The van der Waals surface area contributed by atoms with E-state index in [-0.39, 0.29) is 11.3 Å². The number of amides is 1. The zero-order valence-electron chi connectivity index (χ0n) is 13.9. The Morgan fingerprint density at radius 3 is 2.71 bits per heavy atom. The van der Waals surface area contributed by atoms with Gasteiger partial charge in [0.25, 0.3) is 5.91 Å². The van der Waals surface area contributed by atoms with Crippen molar-refractivity contribution < 1.29 is 4.79 Å². The third kappa shape index (κ3) is 6.58. The summed E-state index contributed by atoms with van der Waals surface area (Å²) in [5.41, 5.74) is 1.42. The van der Waals surface area contributed by atoms with Crippen LogP contribution in [0.2, 0.25) is 0 Å². The summed E-state index contributed by atoms with van der Waals surface area (Å²) in [4.78, 5) is 18.5. The van der Waals surface area contributed by atoms with Crippen molar-refractivity contribution in [1.82, 2.24) is 15.2 Å². The molecule has 0 aliphatic heterocycles. The number of carbonyl (C=O) groups is 1. The van der Waals surface area contributed by atoms with Gasteiger partial charge in [-0.1, -0.05) is 20.8 Å². The molecule has 0 aliphatic carbocycles. The fourth-order valence-electron chi connectivity index (χ4n) is 2.26. The van der Waals surface area contributed by atoms with Crippen LogP contribution in [0.4, 0.5) is 5.69 Å². The van der Waals surface area contributed by atoms with Crippen LogP contribution in [-0.2, 0) is 0 Å². The molecule has 2 N–H and O–H groups in total. The van der Waals surface area contributed by atoms with Crippen molar-refractivity contribution in [3.05, 3.63) is 24.0 Å². The number of rotatable bonds is 8. The van der Waals surface area contributed by atoms with Gasteiger partial charge in [-0.2, -0.15) is 0 Å². The van der Waals surface area contributed by atoms with E-state index in [0.29, 0.717) is 12.2 Å². The van der Waals surface area contributed by atoms with Gasteiger partial charge >= 0.3 is 0 Å². The summed E-state index contributed by atoms with van der Waals surface area (Å²) in [6.07, 6.45) is 2.71. The van der Waals surface area contributed by atoms with Crippen molar-refractivity contribution in [3.63, 3.8) is 0 Å². The van der Waals surface area contributed by atoms with Crippen LogP contribution in [0, 0.1) is 5.41 Å². The number of nitrogens with one attached hydrogen (secondary N) is 2. The smallest absolute Gasteiger partial charge is 0.269 e. The fourth-order valence-corrected chi connectivity index (χ4v) is 2.26. The van der Waals surface area contributed by atoms with E-state index < -0.39 is 0 Å². The minimum atomic E-state index is -0.123. The average Bonchev–Trinajstić information content (AvgIpc) is 2.41. The predicted octanol–water partition coefficient (Wildman–Crippen LogP) is 2.22. The standard InChI is InChI=1S/C16H28N4O/c1-6-8-17-13-7-9-18-14(10-13)15(21)19-11-16(2,3)12-20(4)5/h7,9-10H,6,8,11-12H2,1-5H3,(H,17,18)(H,19,21). The second-order valence-electron chi connectivity index (χ2n) is 6.44. The summed E-state index contributed by atoms with van der Waals surface area (Å²) in [7, 11) is 4.07. The minimum absolute atomic E-state index is 0.0250. The molecule has 1 aromatic rings. The van der Waals surface area contributed by atoms with E-state index in [9.17, 15) is 4.79 Å². The Morgan fingerprint density at radius 2 is 2.10 bits per heavy atom. The molecule has 1 heterocycles. The molecule has 0 aromatic carbocycles. The molecule has 0 aliphatic rings. The highest BCUT2D eigenvalue weighted by molar-refractivity contribution is 5.93. The van der Waals surface area contributed by atoms with Crippen molar-refractivity contribution in [2.45, 2.75) is 27.2 Å². The summed E-state index contributed by atoms with van der Waals surface area (Å²) in [5.74, 6) is -0.123. The molecule has 5 heteroatoms. The van der Waals surface area contributed by atoms with Gasteiger partial charge in [0, 0.05) is 31.5 Å². The number of pyridine rings is 1. The number of nitrogens with zero attached hydrogens (tertiary/aromatic N) is 2. The van der Waals surface area contributed by atoms with Gasteiger partial charge < -0.3 is 15.5 Å². The monoisotopic (exact) mass is 292 g/mol. The van der Waals surface area contributed by atoms with Crippen LogP contribution in [0.5, 0.6) is 0 Å². The average molecular weight is 292 g/mol. The first-order chi connectivity index (χ1) is 9.84. The zero-order valence-corrected chi connectivity index (χ0v) is 13.9. The molecule has 118 valence electrons. The van der Waals surface area contributed by atoms with Gasteiger partial charge in [0.05, 0.1) is 0 Å². The molecule has 0 bridgehead atoms. The maximum atomic E-state index is 12.2. The number of carbonyl (C=O) groups excluding carboxylic acids is 1. The minimum Gasteiger partial charge on any atom is -0.385 e. The highest BCUT2D eigenvalue weighted by Crippen LogP contribution is 2.15. The molecule has 1 rings (SSSR count). The van der Waals surface area contributed by atoms with Crippen molar-refractivity contribution in [2.24, 2.45) is 5.41 Å². The Kier molecular flexibility index (Phi) is 6.62. The molecule has 21 heavy (non-hydrogen) atoms. The van der Waals surface area contributed by atoms with Crippen molar-refractivity contribution >= 4 is 11.6 Å². The molecule has 1 amide bonds. The lowest BCUT2D eigenvalue weighted by atomic mass is 9.93. The molecule has 1 aromatic heterocycles. The van der Waals surface area contributed by atoms with E-state index in [1.54, 1.807) is 12.3 Å². The van der Waals surface area contributed by atoms with Gasteiger partial charge in [-0.15, -0.1) is 0 Å². The molecule has 5 nitrogen and oxygen atoms in total. The van der Waals surface area contributed by atoms with Gasteiger partial charge in [-0.05, 0) is 38.1 Å². The quantitative estimate of drug-likeness (QED) is 0.771. The van der Waals surface area contributed by atoms with Crippen LogP contribution in [0.15, 0.2) is 18.3 Å². The Balaban J connectivity index is 2.59. The Hall–Kier alpha value is -1.62. The third-order valence-electron chi connectivity index (χ3n) is 3.04. The van der Waals surface area contributed by atoms with Crippen LogP contribution in [0.25, 0.3) is 0 Å². The maximum Gasteiger partial charge on any atom is 0.269 e. The lowest BCUT2D eigenvalue weighted by Gasteiger charge is -2.28. The first-order valence-electron chi connectivity index (χ1n) is 7.47. The van der Waals surface area contributed by atoms with E-state index >= 15 is 0 Å². The summed E-state index contributed by atoms with van der Waals surface area (Å²) in [5, 5.41) is 6.23. The van der Waals surface area contributed by atoms with Crippen LogP contribution in [0.1, 0.15) is 37.7 Å². The van der Waals surface area contributed by atoms with Crippen LogP contribution in [0.3, 0.4) is 0 Å². The molecule has 0 spiro atoms. The lowest BCUT2D eigenvalue weighted by Crippen LogP contribution is -2.40. The molecule has 0 saturated carbocycles. The topological polar surface area (TPSA) is 57.3 Å². The first-order valence-corrected chi connectivity index (χ1v) is 7.47. The molecule has 0 fully saturated rings. The fraction of sp³-hybridized carbons (Fsp3) is 0.625. The highest BCUT2D eigenvalue weighted by Gasteiger charge is 2.20. The van der Waals surface area contributed by atoms with E-state index in [1.807, 2.05) is 20.2 Å². The maximum absolute atomic E-state index is 12.2. The first kappa shape index (κ1) is 17.4. The van der Waals surface area contributed by atoms with E-state index in [2.05, 4.69) is 41.3 Å². The van der Waals surface area contributed by atoms with Gasteiger partial charge in [-0.3, -0.25) is 9.78 Å². The van der Waals surface area contributed by atoms with E-state index in [0.717, 1.165) is 25.2 Å². The Morgan fingerprint density at radius 1 is 1.38 bits per heavy atom. The molecule has 0 radical (unpaired) electrons. The molecular formula is C16H28N4O. The second-order valence-corrected chi connectivity index (χ2v) is 6.44. The summed E-state index contributed by atoms with van der Waals surface area (Å²) < 4.78 is 0. The Labute approximate surface area is 128 Å². The molecule has 0 atom stereocenters. The Bertz CT molecular complexity index is 457. The lowest BCUT2D eigenvalue weighted by molar-refractivity contribution is 0.0924. The number of anilines is 1. The number of aromatic nitrogens is 1. The van der Waals surface area contributed by atoms with Crippen molar-refractivity contribution in [3.8, 4) is 0 Å². The largest absolute Gasteiger partial charge is 0.385 e. The normalized spacial score (nSPS) is 11.5. The summed E-state index contributed by atoms with van der Waals surface area (Å²) >= 11 is 0. The predicted molar refractivity (Wildman–Crippen MR) is 87.7 cm³/mol. The van der Waals surface area contributed by atoms with Crippen molar-refractivity contribution in [1.29, 1.82) is 0 Å². The van der Waals surface area contributed by atoms with E-state index in [4.69, 9.17) is 0 Å². The van der Waals surface area contributed by atoms with Crippen LogP contribution in [-0.4, -0.2) is 49.5 Å². The second kappa shape index (κ2) is 7.98. The van der Waals surface area contributed by atoms with Gasteiger partial charge in [0.1, 0.15) is 5.69 Å².